The Morgan fingerprint density at radius 1 is 1.18 bits per heavy atom. The molecule has 0 radical (unpaired) electrons. The first-order valence-corrected chi connectivity index (χ1v) is 6.11. The third-order valence-electron chi connectivity index (χ3n) is 3.25. The first-order valence-electron chi connectivity index (χ1n) is 6.11. The highest BCUT2D eigenvalue weighted by Crippen LogP contribution is 2.22. The maximum atomic E-state index is 12.8. The largest absolute Gasteiger partial charge is 0.338 e. The van der Waals surface area contributed by atoms with Crippen LogP contribution in [0.25, 0.3) is 0 Å². The molecule has 2 unspecified atom stereocenters. The van der Waals surface area contributed by atoms with E-state index in [-0.39, 0.29) is 11.7 Å². The number of hydrogen-bond acceptors (Lipinski definition) is 1. The van der Waals surface area contributed by atoms with Crippen molar-refractivity contribution >= 4 is 5.91 Å². The molecule has 1 amide bonds. The highest BCUT2D eigenvalue weighted by Gasteiger charge is 2.25. The van der Waals surface area contributed by atoms with Crippen LogP contribution in [-0.4, -0.2) is 23.9 Å². The predicted molar refractivity (Wildman–Crippen MR) is 65.2 cm³/mol. The Bertz CT molecular complexity index is 391. The molecule has 0 aliphatic carbocycles. The van der Waals surface area contributed by atoms with E-state index in [0.717, 1.165) is 13.1 Å². The average Bonchev–Trinajstić information content (AvgIpc) is 2.28. The summed E-state index contributed by atoms with van der Waals surface area (Å²) in [6, 6.07) is 5.79. The van der Waals surface area contributed by atoms with Crippen LogP contribution in [0.4, 0.5) is 4.39 Å². The van der Waals surface area contributed by atoms with Crippen LogP contribution in [0.2, 0.25) is 0 Å². The van der Waals surface area contributed by atoms with Crippen molar-refractivity contribution in [1.29, 1.82) is 0 Å². The van der Waals surface area contributed by atoms with Crippen LogP contribution in [0.1, 0.15) is 30.6 Å². The number of carbonyl (C=O) groups excluding carboxylic acids is 1. The van der Waals surface area contributed by atoms with E-state index in [0.29, 0.717) is 17.4 Å². The van der Waals surface area contributed by atoms with Crippen molar-refractivity contribution in [3.8, 4) is 0 Å². The predicted octanol–water partition coefficient (Wildman–Crippen LogP) is 2.94. The maximum Gasteiger partial charge on any atom is 0.253 e. The smallest absolute Gasteiger partial charge is 0.253 e. The first-order chi connectivity index (χ1) is 8.06. The van der Waals surface area contributed by atoms with Crippen LogP contribution in [0.3, 0.4) is 0 Å². The summed E-state index contributed by atoms with van der Waals surface area (Å²) in [4.78, 5) is 14.1. The Hall–Kier alpha value is -1.38. The highest BCUT2D eigenvalue weighted by molar-refractivity contribution is 5.94. The van der Waals surface area contributed by atoms with Gasteiger partial charge in [-0.05, 0) is 42.5 Å². The van der Waals surface area contributed by atoms with Crippen molar-refractivity contribution in [3.63, 3.8) is 0 Å². The van der Waals surface area contributed by atoms with E-state index in [1.807, 2.05) is 4.90 Å². The van der Waals surface area contributed by atoms with Crippen LogP contribution in [-0.2, 0) is 0 Å². The summed E-state index contributed by atoms with van der Waals surface area (Å²) in [7, 11) is 0. The van der Waals surface area contributed by atoms with E-state index in [9.17, 15) is 9.18 Å². The molecule has 1 heterocycles. The van der Waals surface area contributed by atoms with Crippen molar-refractivity contribution in [1.82, 2.24) is 4.90 Å². The third-order valence-corrected chi connectivity index (χ3v) is 3.25. The Kier molecular flexibility index (Phi) is 3.46. The fourth-order valence-electron chi connectivity index (χ4n) is 2.60. The minimum Gasteiger partial charge on any atom is -0.338 e. The molecule has 0 aromatic heterocycles. The summed E-state index contributed by atoms with van der Waals surface area (Å²) in [5.74, 6) is 0.802. The second-order valence-corrected chi connectivity index (χ2v) is 5.16. The molecule has 17 heavy (non-hydrogen) atoms. The van der Waals surface area contributed by atoms with Gasteiger partial charge in [0.25, 0.3) is 5.91 Å². The number of hydrogen-bond donors (Lipinski definition) is 0. The lowest BCUT2D eigenvalue weighted by molar-refractivity contribution is 0.0623. The number of rotatable bonds is 1. The zero-order valence-corrected chi connectivity index (χ0v) is 10.3. The lowest BCUT2D eigenvalue weighted by atomic mass is 9.91. The fourth-order valence-corrected chi connectivity index (χ4v) is 2.60. The van der Waals surface area contributed by atoms with E-state index in [4.69, 9.17) is 0 Å². The summed E-state index contributed by atoms with van der Waals surface area (Å²) < 4.78 is 12.8. The maximum absolute atomic E-state index is 12.8. The lowest BCUT2D eigenvalue weighted by Gasteiger charge is -2.35. The van der Waals surface area contributed by atoms with Crippen molar-refractivity contribution in [2.45, 2.75) is 20.3 Å². The summed E-state index contributed by atoms with van der Waals surface area (Å²) in [5, 5.41) is 0. The summed E-state index contributed by atoms with van der Waals surface area (Å²) >= 11 is 0. The first kappa shape index (κ1) is 12.1. The highest BCUT2D eigenvalue weighted by atomic mass is 19.1. The molecule has 92 valence electrons. The van der Waals surface area contributed by atoms with Crippen molar-refractivity contribution < 1.29 is 9.18 Å². The minimum atomic E-state index is -0.304. The molecule has 1 saturated heterocycles. The van der Waals surface area contributed by atoms with Gasteiger partial charge in [-0.3, -0.25) is 4.79 Å². The minimum absolute atomic E-state index is 0.0170. The van der Waals surface area contributed by atoms with Gasteiger partial charge in [-0.25, -0.2) is 4.39 Å². The number of amides is 1. The van der Waals surface area contributed by atoms with Gasteiger partial charge < -0.3 is 4.90 Å². The van der Waals surface area contributed by atoms with Gasteiger partial charge in [0.2, 0.25) is 0 Å². The molecule has 1 fully saturated rings. The quantitative estimate of drug-likeness (QED) is 0.733. The van der Waals surface area contributed by atoms with Crippen LogP contribution in [0.15, 0.2) is 24.3 Å². The Morgan fingerprint density at radius 2 is 1.71 bits per heavy atom. The molecule has 0 saturated carbocycles. The van der Waals surface area contributed by atoms with Gasteiger partial charge >= 0.3 is 0 Å². The molecule has 0 bridgehead atoms. The van der Waals surface area contributed by atoms with E-state index in [1.54, 1.807) is 12.1 Å². The van der Waals surface area contributed by atoms with Crippen molar-refractivity contribution in [2.75, 3.05) is 13.1 Å². The monoisotopic (exact) mass is 235 g/mol. The van der Waals surface area contributed by atoms with Crippen LogP contribution in [0, 0.1) is 17.7 Å². The fraction of sp³-hybridized carbons (Fsp3) is 0.500. The van der Waals surface area contributed by atoms with E-state index >= 15 is 0 Å². The van der Waals surface area contributed by atoms with Gasteiger partial charge in [-0.15, -0.1) is 0 Å². The lowest BCUT2D eigenvalue weighted by Crippen LogP contribution is -2.42. The van der Waals surface area contributed by atoms with Crippen molar-refractivity contribution in [2.24, 2.45) is 11.8 Å². The van der Waals surface area contributed by atoms with Gasteiger partial charge in [-0.1, -0.05) is 13.8 Å². The molecule has 0 N–H and O–H groups in total. The third kappa shape index (κ3) is 2.84. The molecular formula is C14H18FNO. The number of likely N-dealkylation sites (tertiary alicyclic amines) is 1. The summed E-state index contributed by atoms with van der Waals surface area (Å²) in [6.07, 6.45) is 1.17. The Balaban J connectivity index is 2.11. The number of nitrogens with zero attached hydrogens (tertiary/aromatic N) is 1. The Morgan fingerprint density at radius 3 is 2.24 bits per heavy atom. The SMILES string of the molecule is CC1CC(C)CN(C(=O)c2ccc(F)cc2)C1. The van der Waals surface area contributed by atoms with E-state index in [1.165, 1.54) is 18.6 Å². The van der Waals surface area contributed by atoms with Crippen molar-refractivity contribution in [3.05, 3.63) is 35.6 Å². The van der Waals surface area contributed by atoms with Gasteiger partial charge in [0.15, 0.2) is 0 Å². The molecule has 2 nitrogen and oxygen atoms in total. The molecule has 3 heteroatoms. The second kappa shape index (κ2) is 4.86. The van der Waals surface area contributed by atoms with Gasteiger partial charge in [0, 0.05) is 18.7 Å². The second-order valence-electron chi connectivity index (χ2n) is 5.16. The molecule has 1 aromatic rings. The normalized spacial score (nSPS) is 24.8. The molecule has 0 spiro atoms. The number of piperidine rings is 1. The Labute approximate surface area is 101 Å². The standard InChI is InChI=1S/C14H18FNO/c1-10-7-11(2)9-16(8-10)14(17)12-3-5-13(15)6-4-12/h3-6,10-11H,7-9H2,1-2H3. The number of carbonyl (C=O) groups is 1. The molecule has 1 aliphatic rings. The molecule has 2 rings (SSSR count). The van der Waals surface area contributed by atoms with E-state index in [2.05, 4.69) is 13.8 Å². The van der Waals surface area contributed by atoms with Gasteiger partial charge in [-0.2, -0.15) is 0 Å². The molecule has 1 aliphatic heterocycles. The zero-order valence-electron chi connectivity index (χ0n) is 10.3. The summed E-state index contributed by atoms with van der Waals surface area (Å²) in [5.41, 5.74) is 0.577. The van der Waals surface area contributed by atoms with Crippen LogP contribution >= 0.6 is 0 Å². The van der Waals surface area contributed by atoms with Gasteiger partial charge in [0.05, 0.1) is 0 Å². The molecule has 1 aromatic carbocycles. The molecular weight excluding hydrogens is 217 g/mol. The zero-order chi connectivity index (χ0) is 12.4. The number of halogens is 1. The van der Waals surface area contributed by atoms with Gasteiger partial charge in [0.1, 0.15) is 5.82 Å². The van der Waals surface area contributed by atoms with E-state index < -0.39 is 0 Å². The number of benzene rings is 1. The molecule has 2 atom stereocenters. The summed E-state index contributed by atoms with van der Waals surface area (Å²) in [6.45, 7) is 5.95. The average molecular weight is 235 g/mol. The topological polar surface area (TPSA) is 20.3 Å². The van der Waals surface area contributed by atoms with Crippen LogP contribution < -0.4 is 0 Å². The van der Waals surface area contributed by atoms with Crippen LogP contribution in [0.5, 0.6) is 0 Å².